The van der Waals surface area contributed by atoms with Crippen LogP contribution in [0.25, 0.3) is 10.4 Å². The SMILES string of the molecule is [C-]#[N+]C(C(C)=O)=C(c1ccc(OC)cc1)c1ccc(OC)cc1. The van der Waals surface area contributed by atoms with E-state index in [9.17, 15) is 4.79 Å². The number of nitrogens with zero attached hydrogens (tertiary/aromatic N) is 1. The Balaban J connectivity index is 2.64. The minimum atomic E-state index is -0.262. The van der Waals surface area contributed by atoms with Crippen molar-refractivity contribution in [1.29, 1.82) is 0 Å². The number of benzene rings is 2. The van der Waals surface area contributed by atoms with Gasteiger partial charge in [0.2, 0.25) is 5.70 Å². The Morgan fingerprint density at radius 3 is 1.52 bits per heavy atom. The zero-order valence-electron chi connectivity index (χ0n) is 13.3. The molecular formula is C19H17NO3. The fourth-order valence-electron chi connectivity index (χ4n) is 2.27. The summed E-state index contributed by atoms with van der Waals surface area (Å²) in [5, 5.41) is 0. The zero-order valence-corrected chi connectivity index (χ0v) is 13.3. The second-order valence-corrected chi connectivity index (χ2v) is 4.85. The Kier molecular flexibility index (Phi) is 5.16. The highest BCUT2D eigenvalue weighted by molar-refractivity contribution is 6.06. The summed E-state index contributed by atoms with van der Waals surface area (Å²) in [7, 11) is 3.19. The topological polar surface area (TPSA) is 39.9 Å². The van der Waals surface area contributed by atoms with Crippen LogP contribution >= 0.6 is 0 Å². The molecule has 2 aromatic rings. The number of ether oxygens (including phenoxy) is 2. The molecule has 4 nitrogen and oxygen atoms in total. The smallest absolute Gasteiger partial charge is 0.237 e. The second kappa shape index (κ2) is 7.28. The molecule has 2 rings (SSSR count). The lowest BCUT2D eigenvalue weighted by Crippen LogP contribution is -2.00. The van der Waals surface area contributed by atoms with E-state index in [0.29, 0.717) is 5.57 Å². The van der Waals surface area contributed by atoms with Crippen LogP contribution in [0.2, 0.25) is 0 Å². The van der Waals surface area contributed by atoms with Crippen LogP contribution in [0.3, 0.4) is 0 Å². The number of carbonyl (C=O) groups excluding carboxylic acids is 1. The molecule has 0 saturated heterocycles. The molecule has 0 amide bonds. The quantitative estimate of drug-likeness (QED) is 0.620. The first-order valence-corrected chi connectivity index (χ1v) is 7.02. The standard InChI is InChI=1S/C19H17NO3/c1-13(21)19(20-2)18(14-5-9-16(22-3)10-6-14)15-7-11-17(23-4)12-8-15/h5-12H,1,3-4H3. The minimum Gasteiger partial charge on any atom is -0.497 e. The summed E-state index contributed by atoms with van der Waals surface area (Å²) in [4.78, 5) is 15.3. The minimum absolute atomic E-state index is 0.111. The Bertz CT molecular complexity index is 716. The lowest BCUT2D eigenvalue weighted by atomic mass is 9.94. The third-order valence-electron chi connectivity index (χ3n) is 3.44. The molecule has 0 radical (unpaired) electrons. The largest absolute Gasteiger partial charge is 0.497 e. The number of ketones is 1. The molecule has 0 N–H and O–H groups in total. The summed E-state index contributed by atoms with van der Waals surface area (Å²) in [6.07, 6.45) is 0. The van der Waals surface area contributed by atoms with E-state index in [4.69, 9.17) is 16.0 Å². The van der Waals surface area contributed by atoms with E-state index in [-0.39, 0.29) is 11.5 Å². The van der Waals surface area contributed by atoms with Crippen LogP contribution in [-0.2, 0) is 4.79 Å². The summed E-state index contributed by atoms with van der Waals surface area (Å²) < 4.78 is 10.3. The number of allylic oxidation sites excluding steroid dienone is 1. The highest BCUT2D eigenvalue weighted by atomic mass is 16.5. The fraction of sp³-hybridized carbons (Fsp3) is 0.158. The lowest BCUT2D eigenvalue weighted by Gasteiger charge is -2.12. The number of rotatable bonds is 5. The molecule has 0 spiro atoms. The Morgan fingerprint density at radius 2 is 1.26 bits per heavy atom. The van der Waals surface area contributed by atoms with Gasteiger partial charge < -0.3 is 14.3 Å². The fourth-order valence-corrected chi connectivity index (χ4v) is 2.27. The van der Waals surface area contributed by atoms with E-state index >= 15 is 0 Å². The van der Waals surface area contributed by atoms with Crippen molar-refractivity contribution in [1.82, 2.24) is 0 Å². The van der Waals surface area contributed by atoms with Gasteiger partial charge in [-0.3, -0.25) is 0 Å². The molecule has 0 atom stereocenters. The van der Waals surface area contributed by atoms with Crippen molar-refractivity contribution in [2.45, 2.75) is 6.92 Å². The van der Waals surface area contributed by atoms with Gasteiger partial charge in [0.05, 0.1) is 20.8 Å². The molecule has 0 bridgehead atoms. The maximum absolute atomic E-state index is 11.9. The Morgan fingerprint density at radius 1 is 0.870 bits per heavy atom. The predicted molar refractivity (Wildman–Crippen MR) is 89.3 cm³/mol. The first kappa shape index (κ1) is 16.3. The van der Waals surface area contributed by atoms with Gasteiger partial charge in [-0.15, -0.1) is 0 Å². The molecule has 2 aromatic carbocycles. The molecule has 23 heavy (non-hydrogen) atoms. The molecule has 0 aliphatic heterocycles. The van der Waals surface area contributed by atoms with Gasteiger partial charge in [-0.2, -0.15) is 0 Å². The number of methoxy groups -OCH3 is 2. The van der Waals surface area contributed by atoms with Crippen LogP contribution < -0.4 is 9.47 Å². The van der Waals surface area contributed by atoms with E-state index in [1.54, 1.807) is 38.5 Å². The third kappa shape index (κ3) is 3.58. The molecule has 0 fully saturated rings. The summed E-state index contributed by atoms with van der Waals surface area (Å²) in [6.45, 7) is 8.78. The van der Waals surface area contributed by atoms with Crippen molar-refractivity contribution in [2.24, 2.45) is 0 Å². The Hall–Kier alpha value is -3.06. The summed E-state index contributed by atoms with van der Waals surface area (Å²) >= 11 is 0. The first-order valence-electron chi connectivity index (χ1n) is 7.02. The predicted octanol–water partition coefficient (Wildman–Crippen LogP) is 3.97. The average Bonchev–Trinajstić information content (AvgIpc) is 2.59. The van der Waals surface area contributed by atoms with Crippen molar-refractivity contribution in [3.8, 4) is 11.5 Å². The number of hydrogen-bond acceptors (Lipinski definition) is 3. The van der Waals surface area contributed by atoms with Gasteiger partial charge in [0.15, 0.2) is 5.78 Å². The van der Waals surface area contributed by atoms with E-state index in [2.05, 4.69) is 4.85 Å². The molecule has 0 heterocycles. The number of hydrogen-bond donors (Lipinski definition) is 0. The molecular weight excluding hydrogens is 290 g/mol. The zero-order chi connectivity index (χ0) is 16.8. The van der Waals surface area contributed by atoms with Crippen LogP contribution in [-0.4, -0.2) is 20.0 Å². The summed E-state index contributed by atoms with van der Waals surface area (Å²) in [6, 6.07) is 14.6. The van der Waals surface area contributed by atoms with Gasteiger partial charge in [0.25, 0.3) is 0 Å². The van der Waals surface area contributed by atoms with E-state index in [1.165, 1.54) is 6.92 Å². The summed E-state index contributed by atoms with van der Waals surface area (Å²) in [5.74, 6) is 1.17. The first-order chi connectivity index (χ1) is 11.1. The van der Waals surface area contributed by atoms with E-state index in [1.807, 2.05) is 24.3 Å². The van der Waals surface area contributed by atoms with Gasteiger partial charge in [0, 0.05) is 0 Å². The van der Waals surface area contributed by atoms with Gasteiger partial charge in [-0.1, -0.05) is 24.3 Å². The van der Waals surface area contributed by atoms with Crippen LogP contribution in [0.4, 0.5) is 0 Å². The van der Waals surface area contributed by atoms with Crippen LogP contribution in [0, 0.1) is 6.57 Å². The molecule has 0 unspecified atom stereocenters. The van der Waals surface area contributed by atoms with E-state index in [0.717, 1.165) is 22.6 Å². The highest BCUT2D eigenvalue weighted by Crippen LogP contribution is 2.30. The van der Waals surface area contributed by atoms with E-state index < -0.39 is 0 Å². The highest BCUT2D eigenvalue weighted by Gasteiger charge is 2.16. The molecule has 0 saturated carbocycles. The molecule has 4 heteroatoms. The van der Waals surface area contributed by atoms with Gasteiger partial charge >= 0.3 is 0 Å². The van der Waals surface area contributed by atoms with Crippen LogP contribution in [0.5, 0.6) is 11.5 Å². The van der Waals surface area contributed by atoms with Gasteiger partial charge in [-0.05, 0) is 47.9 Å². The van der Waals surface area contributed by atoms with Gasteiger partial charge in [-0.25, -0.2) is 4.85 Å². The molecule has 0 aliphatic carbocycles. The number of carbonyl (C=O) groups is 1. The normalized spacial score (nSPS) is 9.65. The van der Waals surface area contributed by atoms with Crippen molar-refractivity contribution in [3.05, 3.63) is 76.8 Å². The van der Waals surface area contributed by atoms with Gasteiger partial charge in [0.1, 0.15) is 11.5 Å². The number of Topliss-reactive ketones (excluding diaryl/α,β-unsaturated/α-hetero) is 1. The monoisotopic (exact) mass is 307 g/mol. The van der Waals surface area contributed by atoms with Crippen LogP contribution in [0.15, 0.2) is 54.2 Å². The second-order valence-electron chi connectivity index (χ2n) is 4.85. The van der Waals surface area contributed by atoms with Crippen molar-refractivity contribution in [2.75, 3.05) is 14.2 Å². The van der Waals surface area contributed by atoms with Crippen LogP contribution in [0.1, 0.15) is 18.1 Å². The molecule has 0 aromatic heterocycles. The maximum Gasteiger partial charge on any atom is 0.237 e. The lowest BCUT2D eigenvalue weighted by molar-refractivity contribution is -0.113. The Labute approximate surface area is 135 Å². The molecule has 0 aliphatic rings. The maximum atomic E-state index is 11.9. The third-order valence-corrected chi connectivity index (χ3v) is 3.44. The van der Waals surface area contributed by atoms with Crippen molar-refractivity contribution in [3.63, 3.8) is 0 Å². The summed E-state index contributed by atoms with van der Waals surface area (Å²) in [5.41, 5.74) is 2.30. The van der Waals surface area contributed by atoms with Crippen molar-refractivity contribution >= 4 is 11.4 Å². The van der Waals surface area contributed by atoms with Crippen molar-refractivity contribution < 1.29 is 14.3 Å². The average molecular weight is 307 g/mol. The molecule has 116 valence electrons.